The summed E-state index contributed by atoms with van der Waals surface area (Å²) >= 11 is 0. The molecular formula is C19H21F2NO. The van der Waals surface area contributed by atoms with Gasteiger partial charge < -0.3 is 4.74 Å². The Hall–Kier alpha value is -1.94. The van der Waals surface area contributed by atoms with E-state index in [1.807, 2.05) is 18.2 Å². The Morgan fingerprint density at radius 3 is 2.30 bits per heavy atom. The van der Waals surface area contributed by atoms with Crippen LogP contribution in [0.3, 0.4) is 0 Å². The molecule has 1 saturated heterocycles. The number of alkyl halides is 2. The highest BCUT2D eigenvalue weighted by molar-refractivity contribution is 5.65. The van der Waals surface area contributed by atoms with Crippen LogP contribution < -0.4 is 4.74 Å². The zero-order valence-corrected chi connectivity index (χ0v) is 13.2. The molecule has 2 aromatic rings. The van der Waals surface area contributed by atoms with Gasteiger partial charge in [0, 0.05) is 6.04 Å². The SMILES string of the molecule is C[C@@H](c1cccc(-c2ccc(OC(F)F)cc2)c1)N1CCCC1. The Bertz CT molecular complexity index is 636. The Kier molecular flexibility index (Phi) is 4.91. The fourth-order valence-corrected chi connectivity index (χ4v) is 3.15. The average molecular weight is 317 g/mol. The molecule has 4 heteroatoms. The van der Waals surface area contributed by atoms with Gasteiger partial charge >= 0.3 is 6.61 Å². The number of hydrogen-bond acceptors (Lipinski definition) is 2. The monoisotopic (exact) mass is 317 g/mol. The largest absolute Gasteiger partial charge is 0.435 e. The van der Waals surface area contributed by atoms with Crippen LogP contribution in [0.25, 0.3) is 11.1 Å². The van der Waals surface area contributed by atoms with Crippen LogP contribution in [0, 0.1) is 0 Å². The topological polar surface area (TPSA) is 12.5 Å². The molecule has 3 rings (SSSR count). The Morgan fingerprint density at radius 2 is 1.65 bits per heavy atom. The molecule has 1 aliphatic heterocycles. The van der Waals surface area contributed by atoms with Crippen molar-refractivity contribution >= 4 is 0 Å². The van der Waals surface area contributed by atoms with Crippen LogP contribution in [0.5, 0.6) is 5.75 Å². The van der Waals surface area contributed by atoms with Gasteiger partial charge in [-0.2, -0.15) is 8.78 Å². The van der Waals surface area contributed by atoms with Gasteiger partial charge in [-0.05, 0) is 67.7 Å². The van der Waals surface area contributed by atoms with Gasteiger partial charge in [0.25, 0.3) is 0 Å². The third-order valence-corrected chi connectivity index (χ3v) is 4.47. The molecule has 2 aromatic carbocycles. The summed E-state index contributed by atoms with van der Waals surface area (Å²) in [6.45, 7) is 1.77. The second-order valence-corrected chi connectivity index (χ2v) is 5.95. The van der Waals surface area contributed by atoms with E-state index in [4.69, 9.17) is 0 Å². The molecule has 0 aliphatic carbocycles. The third kappa shape index (κ3) is 3.88. The average Bonchev–Trinajstić information content (AvgIpc) is 3.09. The number of ether oxygens (including phenoxy) is 1. The first-order valence-electron chi connectivity index (χ1n) is 8.03. The minimum absolute atomic E-state index is 0.185. The first-order valence-corrected chi connectivity index (χ1v) is 8.03. The highest BCUT2D eigenvalue weighted by Crippen LogP contribution is 2.29. The number of rotatable bonds is 5. The maximum absolute atomic E-state index is 12.2. The number of benzene rings is 2. The molecule has 0 bridgehead atoms. The lowest BCUT2D eigenvalue weighted by molar-refractivity contribution is -0.0498. The van der Waals surface area contributed by atoms with Crippen molar-refractivity contribution in [2.45, 2.75) is 32.4 Å². The number of nitrogens with zero attached hydrogens (tertiary/aromatic N) is 1. The van der Waals surface area contributed by atoms with E-state index < -0.39 is 6.61 Å². The summed E-state index contributed by atoms with van der Waals surface area (Å²) in [5.74, 6) is 0.185. The van der Waals surface area contributed by atoms with E-state index >= 15 is 0 Å². The van der Waals surface area contributed by atoms with Gasteiger partial charge in [0.05, 0.1) is 0 Å². The Morgan fingerprint density at radius 1 is 0.957 bits per heavy atom. The number of hydrogen-bond donors (Lipinski definition) is 0. The molecule has 0 saturated carbocycles. The normalized spacial score (nSPS) is 16.7. The van der Waals surface area contributed by atoms with Gasteiger partial charge in [0.2, 0.25) is 0 Å². The molecule has 0 aromatic heterocycles. The molecule has 0 radical (unpaired) electrons. The molecule has 2 nitrogen and oxygen atoms in total. The standard InChI is InChI=1S/C19H21F2NO/c1-14(22-11-2-3-12-22)16-5-4-6-17(13-16)15-7-9-18(10-8-15)23-19(20)21/h4-10,13-14,19H,2-3,11-12H2,1H3/t14-/m0/s1. The van der Waals surface area contributed by atoms with Crippen LogP contribution >= 0.6 is 0 Å². The van der Waals surface area contributed by atoms with E-state index in [9.17, 15) is 8.78 Å². The summed E-state index contributed by atoms with van der Waals surface area (Å²) in [6.07, 6.45) is 2.55. The maximum Gasteiger partial charge on any atom is 0.387 e. The fraction of sp³-hybridized carbons (Fsp3) is 0.368. The molecule has 1 fully saturated rings. The maximum atomic E-state index is 12.2. The van der Waals surface area contributed by atoms with Gasteiger partial charge in [-0.1, -0.05) is 30.3 Å². The molecule has 1 heterocycles. The van der Waals surface area contributed by atoms with Crippen molar-refractivity contribution in [3.05, 3.63) is 54.1 Å². The van der Waals surface area contributed by atoms with Crippen molar-refractivity contribution in [1.29, 1.82) is 0 Å². The van der Waals surface area contributed by atoms with Crippen molar-refractivity contribution in [1.82, 2.24) is 4.90 Å². The van der Waals surface area contributed by atoms with Crippen LogP contribution in [0.4, 0.5) is 8.78 Å². The van der Waals surface area contributed by atoms with Crippen LogP contribution in [0.1, 0.15) is 31.4 Å². The summed E-state index contributed by atoms with van der Waals surface area (Å²) in [7, 11) is 0. The van der Waals surface area contributed by atoms with Crippen LogP contribution in [-0.2, 0) is 0 Å². The summed E-state index contributed by atoms with van der Waals surface area (Å²) in [5.41, 5.74) is 3.39. The summed E-state index contributed by atoms with van der Waals surface area (Å²) in [6, 6.07) is 15.6. The molecular weight excluding hydrogens is 296 g/mol. The molecule has 0 amide bonds. The van der Waals surface area contributed by atoms with Crippen LogP contribution in [0.2, 0.25) is 0 Å². The van der Waals surface area contributed by atoms with E-state index in [0.717, 1.165) is 24.2 Å². The predicted molar refractivity (Wildman–Crippen MR) is 87.7 cm³/mol. The van der Waals surface area contributed by atoms with Gasteiger partial charge in [0.15, 0.2) is 0 Å². The predicted octanol–water partition coefficient (Wildman–Crippen LogP) is 5.11. The van der Waals surface area contributed by atoms with Crippen molar-refractivity contribution in [3.8, 4) is 16.9 Å². The van der Waals surface area contributed by atoms with Crippen LogP contribution in [0.15, 0.2) is 48.5 Å². The first-order chi connectivity index (χ1) is 11.1. The van der Waals surface area contributed by atoms with Crippen molar-refractivity contribution in [2.75, 3.05) is 13.1 Å². The molecule has 23 heavy (non-hydrogen) atoms. The highest BCUT2D eigenvalue weighted by Gasteiger charge is 2.19. The van der Waals surface area contributed by atoms with E-state index in [0.29, 0.717) is 6.04 Å². The number of likely N-dealkylation sites (tertiary alicyclic amines) is 1. The van der Waals surface area contributed by atoms with Crippen molar-refractivity contribution in [2.24, 2.45) is 0 Å². The molecule has 0 unspecified atom stereocenters. The second kappa shape index (κ2) is 7.09. The molecule has 122 valence electrons. The minimum Gasteiger partial charge on any atom is -0.435 e. The van der Waals surface area contributed by atoms with Gasteiger partial charge in [-0.25, -0.2) is 0 Å². The third-order valence-electron chi connectivity index (χ3n) is 4.47. The van der Waals surface area contributed by atoms with Crippen LogP contribution in [-0.4, -0.2) is 24.6 Å². The summed E-state index contributed by atoms with van der Waals surface area (Å²) in [5, 5.41) is 0. The van der Waals surface area contributed by atoms with Crippen molar-refractivity contribution < 1.29 is 13.5 Å². The lowest BCUT2D eigenvalue weighted by Gasteiger charge is -2.24. The lowest BCUT2D eigenvalue weighted by atomic mass is 9.99. The van der Waals surface area contributed by atoms with Gasteiger partial charge in [-0.15, -0.1) is 0 Å². The highest BCUT2D eigenvalue weighted by atomic mass is 19.3. The molecule has 0 N–H and O–H groups in total. The Labute approximate surface area is 135 Å². The zero-order valence-electron chi connectivity index (χ0n) is 13.2. The van der Waals surface area contributed by atoms with Gasteiger partial charge in [-0.3, -0.25) is 4.90 Å². The summed E-state index contributed by atoms with van der Waals surface area (Å²) < 4.78 is 28.8. The first kappa shape index (κ1) is 15.9. The molecule has 1 aliphatic rings. The van der Waals surface area contributed by atoms with E-state index in [1.165, 1.54) is 18.4 Å². The lowest BCUT2D eigenvalue weighted by Crippen LogP contribution is -2.23. The fourth-order valence-electron chi connectivity index (χ4n) is 3.15. The zero-order chi connectivity index (χ0) is 16.2. The van der Waals surface area contributed by atoms with Gasteiger partial charge in [0.1, 0.15) is 5.75 Å². The quantitative estimate of drug-likeness (QED) is 0.759. The second-order valence-electron chi connectivity index (χ2n) is 5.95. The number of halogens is 2. The van der Waals surface area contributed by atoms with E-state index in [1.54, 1.807) is 12.1 Å². The van der Waals surface area contributed by atoms with E-state index in [2.05, 4.69) is 34.8 Å². The van der Waals surface area contributed by atoms with Crippen molar-refractivity contribution in [3.63, 3.8) is 0 Å². The molecule has 1 atom stereocenters. The van der Waals surface area contributed by atoms with E-state index in [-0.39, 0.29) is 5.75 Å². The smallest absolute Gasteiger partial charge is 0.387 e. The molecule has 0 spiro atoms. The summed E-state index contributed by atoms with van der Waals surface area (Å²) in [4.78, 5) is 2.50. The minimum atomic E-state index is -2.79. The Balaban J connectivity index is 1.78.